The van der Waals surface area contributed by atoms with Crippen LogP contribution in [0.3, 0.4) is 0 Å². The Labute approximate surface area is 172 Å². The summed E-state index contributed by atoms with van der Waals surface area (Å²) in [4.78, 5) is 7.84. The lowest BCUT2D eigenvalue weighted by molar-refractivity contribution is -0.0265. The second-order valence-electron chi connectivity index (χ2n) is 7.79. The zero-order valence-electron chi connectivity index (χ0n) is 17.2. The Morgan fingerprint density at radius 1 is 1.14 bits per heavy atom. The van der Waals surface area contributed by atoms with E-state index in [1.807, 2.05) is 13.1 Å². The van der Waals surface area contributed by atoms with Crippen molar-refractivity contribution >= 4 is 16.9 Å². The van der Waals surface area contributed by atoms with Gasteiger partial charge in [0.1, 0.15) is 0 Å². The van der Waals surface area contributed by atoms with Crippen molar-refractivity contribution in [1.82, 2.24) is 15.6 Å². The van der Waals surface area contributed by atoms with Gasteiger partial charge in [0, 0.05) is 37.3 Å². The number of aromatic nitrogens is 1. The first-order chi connectivity index (χ1) is 14.2. The number of ether oxygens (including phenoxy) is 1. The number of aryl methyl sites for hydroxylation is 1. The molecule has 3 N–H and O–H groups in total. The van der Waals surface area contributed by atoms with Crippen LogP contribution in [0.25, 0.3) is 10.9 Å². The summed E-state index contributed by atoms with van der Waals surface area (Å²) in [5.74, 6) is 1.25. The van der Waals surface area contributed by atoms with Gasteiger partial charge >= 0.3 is 0 Å². The van der Waals surface area contributed by atoms with Crippen molar-refractivity contribution in [3.05, 3.63) is 71.4 Å². The Kier molecular flexibility index (Phi) is 6.15. The van der Waals surface area contributed by atoms with Crippen molar-refractivity contribution in [1.29, 1.82) is 0 Å². The summed E-state index contributed by atoms with van der Waals surface area (Å²) in [6.07, 6.45) is 2.41. The normalized spacial score (nSPS) is 20.0. The molecule has 1 aliphatic rings. The van der Waals surface area contributed by atoms with E-state index >= 15 is 0 Å². The number of benzene rings is 2. The van der Waals surface area contributed by atoms with Gasteiger partial charge in [-0.05, 0) is 42.8 Å². The molecule has 0 spiro atoms. The smallest absolute Gasteiger partial charge is 0.191 e. The maximum atomic E-state index is 6.14. The molecule has 1 saturated heterocycles. The Bertz CT molecular complexity index is 927. The van der Waals surface area contributed by atoms with Crippen LogP contribution in [0, 0.1) is 12.8 Å². The number of hydrogen-bond acceptors (Lipinski definition) is 2. The van der Waals surface area contributed by atoms with Crippen molar-refractivity contribution in [3.63, 3.8) is 0 Å². The van der Waals surface area contributed by atoms with Gasteiger partial charge in [-0.2, -0.15) is 0 Å². The van der Waals surface area contributed by atoms with Crippen molar-refractivity contribution in [2.75, 3.05) is 20.2 Å². The Balaban J connectivity index is 1.34. The predicted molar refractivity (Wildman–Crippen MR) is 119 cm³/mol. The van der Waals surface area contributed by atoms with Crippen LogP contribution in [0.15, 0.2) is 59.6 Å². The van der Waals surface area contributed by atoms with Gasteiger partial charge in [-0.1, -0.05) is 48.0 Å². The number of hydrogen-bond donors (Lipinski definition) is 3. The highest BCUT2D eigenvalue weighted by molar-refractivity contribution is 5.81. The molecule has 2 heterocycles. The van der Waals surface area contributed by atoms with Gasteiger partial charge < -0.3 is 20.4 Å². The molecule has 1 fully saturated rings. The van der Waals surface area contributed by atoms with Crippen LogP contribution in [-0.4, -0.2) is 31.1 Å². The lowest BCUT2D eigenvalue weighted by Gasteiger charge is -2.32. The second-order valence-corrected chi connectivity index (χ2v) is 7.79. The molecule has 4 rings (SSSR count). The van der Waals surface area contributed by atoms with Gasteiger partial charge in [0.05, 0.1) is 12.6 Å². The number of aromatic amines is 1. The van der Waals surface area contributed by atoms with E-state index < -0.39 is 0 Å². The minimum Gasteiger partial charge on any atom is -0.373 e. The molecule has 29 heavy (non-hydrogen) atoms. The zero-order valence-corrected chi connectivity index (χ0v) is 17.2. The first kappa shape index (κ1) is 19.5. The van der Waals surface area contributed by atoms with E-state index in [2.05, 4.69) is 76.1 Å². The predicted octanol–water partition coefficient (Wildman–Crippen LogP) is 4.31. The zero-order chi connectivity index (χ0) is 20.1. The minimum atomic E-state index is 0.142. The number of H-pyrrole nitrogens is 1. The molecular weight excluding hydrogens is 360 g/mol. The summed E-state index contributed by atoms with van der Waals surface area (Å²) in [5.41, 5.74) is 4.85. The highest BCUT2D eigenvalue weighted by Crippen LogP contribution is 2.33. The average molecular weight is 391 g/mol. The van der Waals surface area contributed by atoms with Crippen LogP contribution >= 0.6 is 0 Å². The van der Waals surface area contributed by atoms with E-state index in [4.69, 9.17) is 4.74 Å². The maximum absolute atomic E-state index is 6.14. The fourth-order valence-electron chi connectivity index (χ4n) is 4.03. The summed E-state index contributed by atoms with van der Waals surface area (Å²) in [6.45, 7) is 4.50. The summed E-state index contributed by atoms with van der Waals surface area (Å²) in [7, 11) is 1.81. The summed E-state index contributed by atoms with van der Waals surface area (Å²) >= 11 is 0. The van der Waals surface area contributed by atoms with Crippen molar-refractivity contribution in [2.24, 2.45) is 10.9 Å². The molecule has 0 saturated carbocycles. The molecule has 0 aliphatic carbocycles. The largest absolute Gasteiger partial charge is 0.373 e. The monoisotopic (exact) mass is 390 g/mol. The van der Waals surface area contributed by atoms with Crippen LogP contribution in [0.2, 0.25) is 0 Å². The maximum Gasteiger partial charge on any atom is 0.191 e. The molecule has 1 aliphatic heterocycles. The molecule has 2 atom stereocenters. The third kappa shape index (κ3) is 4.80. The van der Waals surface area contributed by atoms with Crippen molar-refractivity contribution in [2.45, 2.75) is 32.4 Å². The molecule has 3 aromatic rings. The lowest BCUT2D eigenvalue weighted by Crippen LogP contribution is -2.41. The van der Waals surface area contributed by atoms with Crippen LogP contribution in [0.1, 0.15) is 35.8 Å². The molecular formula is C24H30N4O. The third-order valence-corrected chi connectivity index (χ3v) is 5.64. The van der Waals surface area contributed by atoms with Gasteiger partial charge in [-0.25, -0.2) is 0 Å². The second kappa shape index (κ2) is 9.14. The fraction of sp³-hybridized carbons (Fsp3) is 0.375. The molecule has 0 radical (unpaired) electrons. The molecule has 152 valence electrons. The Hall–Kier alpha value is -2.79. The molecule has 5 nitrogen and oxygen atoms in total. The van der Waals surface area contributed by atoms with Crippen LogP contribution in [0.4, 0.5) is 0 Å². The van der Waals surface area contributed by atoms with Crippen LogP contribution < -0.4 is 10.6 Å². The van der Waals surface area contributed by atoms with E-state index in [0.717, 1.165) is 43.2 Å². The number of rotatable bonds is 5. The van der Waals surface area contributed by atoms with Gasteiger partial charge in [0.25, 0.3) is 0 Å². The van der Waals surface area contributed by atoms with E-state index in [1.165, 1.54) is 16.5 Å². The summed E-state index contributed by atoms with van der Waals surface area (Å²) in [6, 6.07) is 19.2. The molecule has 0 bridgehead atoms. The molecule has 1 aromatic heterocycles. The van der Waals surface area contributed by atoms with E-state index in [0.29, 0.717) is 12.5 Å². The number of nitrogens with one attached hydrogen (secondary N) is 3. The van der Waals surface area contributed by atoms with Gasteiger partial charge in [-0.3, -0.25) is 4.99 Å². The first-order valence-corrected chi connectivity index (χ1v) is 10.4. The van der Waals surface area contributed by atoms with Gasteiger partial charge in [0.15, 0.2) is 5.96 Å². The first-order valence-electron chi connectivity index (χ1n) is 10.4. The SMILES string of the molecule is CN=C(NCc1cc2ccccc2[nH]1)NCC1CCCOC1c1ccc(C)cc1. The summed E-state index contributed by atoms with van der Waals surface area (Å²) in [5, 5.41) is 8.14. The quantitative estimate of drug-likeness (QED) is 0.449. The standard InChI is InChI=1S/C24H30N4O/c1-17-9-11-18(12-10-17)23-20(7-5-13-29-23)15-26-24(25-2)27-16-21-14-19-6-3-4-8-22(19)28-21/h3-4,6,8-12,14,20,23,28H,5,7,13,15-16H2,1-2H3,(H2,25,26,27). The van der Waals surface area contributed by atoms with Crippen molar-refractivity contribution < 1.29 is 4.74 Å². The molecule has 0 amide bonds. The molecule has 5 heteroatoms. The molecule has 2 aromatic carbocycles. The Morgan fingerprint density at radius 3 is 2.76 bits per heavy atom. The highest BCUT2D eigenvalue weighted by atomic mass is 16.5. The average Bonchev–Trinajstić information content (AvgIpc) is 3.18. The fourth-order valence-corrected chi connectivity index (χ4v) is 4.03. The van der Waals surface area contributed by atoms with Crippen molar-refractivity contribution in [3.8, 4) is 0 Å². The number of guanidine groups is 1. The van der Waals surface area contributed by atoms with Crippen LogP contribution in [-0.2, 0) is 11.3 Å². The number of fused-ring (bicyclic) bond motifs is 1. The lowest BCUT2D eigenvalue weighted by atomic mass is 9.89. The highest BCUT2D eigenvalue weighted by Gasteiger charge is 2.27. The minimum absolute atomic E-state index is 0.142. The number of para-hydroxylation sites is 1. The van der Waals surface area contributed by atoms with Gasteiger partial charge in [0.2, 0.25) is 0 Å². The van der Waals surface area contributed by atoms with E-state index in [9.17, 15) is 0 Å². The van der Waals surface area contributed by atoms with E-state index in [-0.39, 0.29) is 6.10 Å². The van der Waals surface area contributed by atoms with E-state index in [1.54, 1.807) is 0 Å². The van der Waals surface area contributed by atoms with Gasteiger partial charge in [-0.15, -0.1) is 0 Å². The topological polar surface area (TPSA) is 61.4 Å². The Morgan fingerprint density at radius 2 is 1.97 bits per heavy atom. The molecule has 2 unspecified atom stereocenters. The van der Waals surface area contributed by atoms with Crippen LogP contribution in [0.5, 0.6) is 0 Å². The summed E-state index contributed by atoms with van der Waals surface area (Å²) < 4.78 is 6.14. The number of aliphatic imine (C=N–C) groups is 1. The number of nitrogens with zero attached hydrogens (tertiary/aromatic N) is 1. The third-order valence-electron chi connectivity index (χ3n) is 5.64.